The molecule has 0 aromatic heterocycles. The van der Waals surface area contributed by atoms with E-state index in [1.807, 2.05) is 0 Å². The number of halogens is 1. The van der Waals surface area contributed by atoms with Crippen LogP contribution in [-0.4, -0.2) is 19.2 Å². The van der Waals surface area contributed by atoms with E-state index in [1.54, 1.807) is 36.4 Å². The summed E-state index contributed by atoms with van der Waals surface area (Å²) in [6.07, 6.45) is 0.0606. The monoisotopic (exact) mass is 343 g/mol. The van der Waals surface area contributed by atoms with Crippen LogP contribution in [0.4, 0.5) is 0 Å². The van der Waals surface area contributed by atoms with Gasteiger partial charge in [-0.05, 0) is 23.8 Å². The van der Waals surface area contributed by atoms with Crippen LogP contribution in [-0.2, 0) is 22.6 Å². The first-order valence-corrected chi connectivity index (χ1v) is 7.77. The Kier molecular flexibility index (Phi) is 4.88. The molecule has 2 aromatic carbocycles. The number of fused-ring (bicyclic) bond motifs is 1. The van der Waals surface area contributed by atoms with Gasteiger partial charge >= 0.3 is 5.97 Å². The quantitative estimate of drug-likeness (QED) is 0.797. The molecule has 1 heterocycles. The van der Waals surface area contributed by atoms with E-state index < -0.39 is 5.97 Å². The number of nitriles is 1. The zero-order valence-electron chi connectivity index (χ0n) is 12.8. The van der Waals surface area contributed by atoms with Crippen molar-refractivity contribution in [1.29, 1.82) is 5.26 Å². The van der Waals surface area contributed by atoms with Crippen LogP contribution < -0.4 is 9.47 Å². The zero-order valence-corrected chi connectivity index (χ0v) is 13.5. The van der Waals surface area contributed by atoms with Crippen LogP contribution in [0, 0.1) is 11.3 Å². The molecule has 0 atom stereocenters. The lowest BCUT2D eigenvalue weighted by Gasteiger charge is -2.20. The normalized spacial score (nSPS) is 12.3. The Morgan fingerprint density at radius 1 is 1.25 bits per heavy atom. The van der Waals surface area contributed by atoms with E-state index in [2.05, 4.69) is 6.07 Å². The first-order valence-electron chi connectivity index (χ1n) is 7.39. The first kappa shape index (κ1) is 16.2. The van der Waals surface area contributed by atoms with E-state index in [0.29, 0.717) is 46.4 Å². The number of carbonyl (C=O) groups is 1. The lowest BCUT2D eigenvalue weighted by atomic mass is 10.1. The van der Waals surface area contributed by atoms with Gasteiger partial charge < -0.3 is 14.2 Å². The average Bonchev–Trinajstić information content (AvgIpc) is 2.60. The van der Waals surface area contributed by atoms with E-state index in [1.165, 1.54) is 0 Å². The van der Waals surface area contributed by atoms with Crippen LogP contribution in [0.3, 0.4) is 0 Å². The van der Waals surface area contributed by atoms with Gasteiger partial charge in [-0.15, -0.1) is 0 Å². The van der Waals surface area contributed by atoms with E-state index in [9.17, 15) is 4.79 Å². The van der Waals surface area contributed by atoms with Crippen molar-refractivity contribution in [1.82, 2.24) is 0 Å². The van der Waals surface area contributed by atoms with Crippen molar-refractivity contribution in [2.75, 3.05) is 13.2 Å². The highest BCUT2D eigenvalue weighted by atomic mass is 35.5. The molecule has 0 saturated carbocycles. The molecule has 6 heteroatoms. The van der Waals surface area contributed by atoms with Crippen molar-refractivity contribution in [3.63, 3.8) is 0 Å². The van der Waals surface area contributed by atoms with Crippen molar-refractivity contribution in [2.45, 2.75) is 13.0 Å². The van der Waals surface area contributed by atoms with Crippen LogP contribution in [0.1, 0.15) is 16.7 Å². The maximum Gasteiger partial charge on any atom is 0.310 e. The predicted molar refractivity (Wildman–Crippen MR) is 87.1 cm³/mol. The van der Waals surface area contributed by atoms with Crippen LogP contribution >= 0.6 is 11.6 Å². The summed E-state index contributed by atoms with van der Waals surface area (Å²) in [5.74, 6) is 0.629. The van der Waals surface area contributed by atoms with Gasteiger partial charge in [0.25, 0.3) is 0 Å². The van der Waals surface area contributed by atoms with E-state index in [4.69, 9.17) is 31.1 Å². The fourth-order valence-corrected chi connectivity index (χ4v) is 2.69. The summed E-state index contributed by atoms with van der Waals surface area (Å²) in [5.41, 5.74) is 1.85. The maximum absolute atomic E-state index is 12.0. The highest BCUT2D eigenvalue weighted by Crippen LogP contribution is 2.38. The van der Waals surface area contributed by atoms with Gasteiger partial charge in [-0.2, -0.15) is 5.26 Å². The Balaban J connectivity index is 1.65. The molecule has 5 nitrogen and oxygen atoms in total. The minimum atomic E-state index is -0.407. The molecule has 2 aromatic rings. The van der Waals surface area contributed by atoms with E-state index in [-0.39, 0.29) is 13.0 Å². The third-order valence-electron chi connectivity index (χ3n) is 3.53. The lowest BCUT2D eigenvalue weighted by Crippen LogP contribution is -2.16. The van der Waals surface area contributed by atoms with E-state index in [0.717, 1.165) is 0 Å². The molecule has 0 amide bonds. The second kappa shape index (κ2) is 7.24. The van der Waals surface area contributed by atoms with Crippen LogP contribution in [0.15, 0.2) is 36.4 Å². The fraction of sp³-hybridized carbons (Fsp3) is 0.222. The van der Waals surface area contributed by atoms with Gasteiger partial charge in [0.1, 0.15) is 19.8 Å². The minimum absolute atomic E-state index is 0.0564. The molecule has 1 aliphatic rings. The third kappa shape index (κ3) is 3.61. The van der Waals surface area contributed by atoms with E-state index >= 15 is 0 Å². The molecule has 0 spiro atoms. The Morgan fingerprint density at radius 2 is 2.04 bits per heavy atom. The minimum Gasteiger partial charge on any atom is -0.486 e. The van der Waals surface area contributed by atoms with Gasteiger partial charge in [0, 0.05) is 5.56 Å². The smallest absolute Gasteiger partial charge is 0.310 e. The average molecular weight is 344 g/mol. The van der Waals surface area contributed by atoms with Gasteiger partial charge in [-0.1, -0.05) is 29.8 Å². The summed E-state index contributed by atoms with van der Waals surface area (Å²) >= 11 is 6.15. The molecule has 0 unspecified atom stereocenters. The summed E-state index contributed by atoms with van der Waals surface area (Å²) in [6.45, 7) is 0.954. The van der Waals surface area contributed by atoms with Gasteiger partial charge in [-0.25, -0.2) is 0 Å². The number of carbonyl (C=O) groups excluding carboxylic acids is 1. The van der Waals surface area contributed by atoms with Crippen molar-refractivity contribution in [3.8, 4) is 17.6 Å². The standard InChI is InChI=1S/C18H14ClNO4/c19-15-7-12(8-16-18(15)23-6-5-22-16)9-17(21)24-11-14-4-2-1-3-13(14)10-20/h1-4,7-8H,5-6,9,11H2. The van der Waals surface area contributed by atoms with Crippen molar-refractivity contribution in [2.24, 2.45) is 0 Å². The van der Waals surface area contributed by atoms with Crippen LogP contribution in [0.5, 0.6) is 11.5 Å². The maximum atomic E-state index is 12.0. The summed E-state index contributed by atoms with van der Waals surface area (Å²) < 4.78 is 16.2. The topological polar surface area (TPSA) is 68.5 Å². The first-order chi connectivity index (χ1) is 11.7. The van der Waals surface area contributed by atoms with Crippen molar-refractivity contribution >= 4 is 17.6 Å². The highest BCUT2D eigenvalue weighted by molar-refractivity contribution is 6.32. The van der Waals surface area contributed by atoms with Crippen molar-refractivity contribution in [3.05, 3.63) is 58.1 Å². The Hall–Kier alpha value is -2.71. The number of nitrogens with zero attached hydrogens (tertiary/aromatic N) is 1. The number of benzene rings is 2. The summed E-state index contributed by atoms with van der Waals surface area (Å²) in [7, 11) is 0. The predicted octanol–water partition coefficient (Wildman–Crippen LogP) is 3.27. The number of rotatable bonds is 4. The van der Waals surface area contributed by atoms with Gasteiger partial charge in [0.15, 0.2) is 11.5 Å². The number of ether oxygens (including phenoxy) is 3. The fourth-order valence-electron chi connectivity index (χ4n) is 2.40. The summed E-state index contributed by atoms with van der Waals surface area (Å²) in [6, 6.07) is 12.5. The molecule has 122 valence electrons. The second-order valence-corrected chi connectivity index (χ2v) is 5.62. The molecule has 0 N–H and O–H groups in total. The SMILES string of the molecule is N#Cc1ccccc1COC(=O)Cc1cc(Cl)c2c(c1)OCCO2. The molecule has 0 fully saturated rings. The van der Waals surface area contributed by atoms with Crippen LogP contribution in [0.25, 0.3) is 0 Å². The lowest BCUT2D eigenvalue weighted by molar-refractivity contribution is -0.144. The molecule has 0 bridgehead atoms. The number of esters is 1. The number of hydrogen-bond donors (Lipinski definition) is 0. The Bertz CT molecular complexity index is 813. The zero-order chi connectivity index (χ0) is 16.9. The second-order valence-electron chi connectivity index (χ2n) is 5.21. The largest absolute Gasteiger partial charge is 0.486 e. The molecule has 1 aliphatic heterocycles. The van der Waals surface area contributed by atoms with Gasteiger partial charge in [0.2, 0.25) is 0 Å². The Labute approximate surface area is 144 Å². The van der Waals surface area contributed by atoms with Gasteiger partial charge in [-0.3, -0.25) is 4.79 Å². The molecule has 0 saturated heterocycles. The summed E-state index contributed by atoms with van der Waals surface area (Å²) in [4.78, 5) is 12.0. The Morgan fingerprint density at radius 3 is 2.88 bits per heavy atom. The van der Waals surface area contributed by atoms with Crippen molar-refractivity contribution < 1.29 is 19.0 Å². The molecule has 0 radical (unpaired) electrons. The molecule has 0 aliphatic carbocycles. The highest BCUT2D eigenvalue weighted by Gasteiger charge is 2.18. The molecular formula is C18H14ClNO4. The number of hydrogen-bond acceptors (Lipinski definition) is 5. The third-order valence-corrected chi connectivity index (χ3v) is 3.81. The summed E-state index contributed by atoms with van der Waals surface area (Å²) in [5, 5.41) is 9.44. The molecule has 3 rings (SSSR count). The molecular weight excluding hydrogens is 330 g/mol. The van der Waals surface area contributed by atoms with Crippen LogP contribution in [0.2, 0.25) is 5.02 Å². The van der Waals surface area contributed by atoms with Gasteiger partial charge in [0.05, 0.1) is 23.1 Å². The molecule has 24 heavy (non-hydrogen) atoms.